The molecule has 1 aliphatic heterocycles. The number of benzene rings is 1. The fourth-order valence-corrected chi connectivity index (χ4v) is 3.49. The minimum atomic E-state index is 0.591. The summed E-state index contributed by atoms with van der Waals surface area (Å²) in [6.07, 6.45) is 1.78. The first-order valence-electron chi connectivity index (χ1n) is 6.75. The van der Waals surface area contributed by atoms with Crippen molar-refractivity contribution in [3.05, 3.63) is 42.5 Å². The number of nitrogen functional groups attached to an aromatic ring is 1. The molecule has 7 heteroatoms. The van der Waals surface area contributed by atoms with Crippen molar-refractivity contribution in [1.82, 2.24) is 19.1 Å². The minimum absolute atomic E-state index is 0.591. The second-order valence-corrected chi connectivity index (χ2v) is 5.73. The van der Waals surface area contributed by atoms with E-state index in [9.17, 15) is 0 Å². The average Bonchev–Trinajstić information content (AvgIpc) is 3.13. The summed E-state index contributed by atoms with van der Waals surface area (Å²) in [6, 6.07) is 10.2. The molecule has 0 spiro atoms. The van der Waals surface area contributed by atoms with Crippen LogP contribution in [-0.2, 0) is 13.1 Å². The maximum absolute atomic E-state index is 6.09. The third-order valence-corrected chi connectivity index (χ3v) is 4.61. The van der Waals surface area contributed by atoms with Crippen molar-refractivity contribution >= 4 is 22.4 Å². The molecule has 4 rings (SSSR count). The van der Waals surface area contributed by atoms with Gasteiger partial charge in [0.25, 0.3) is 0 Å². The minimum Gasteiger partial charge on any atom is -0.382 e. The van der Waals surface area contributed by atoms with Crippen LogP contribution in [0.5, 0.6) is 0 Å². The van der Waals surface area contributed by atoms with Crippen molar-refractivity contribution in [3.63, 3.8) is 0 Å². The summed E-state index contributed by atoms with van der Waals surface area (Å²) < 4.78 is 6.43. The molecule has 3 heterocycles. The highest BCUT2D eigenvalue weighted by Crippen LogP contribution is 2.40. The lowest BCUT2D eigenvalue weighted by atomic mass is 10.1. The molecule has 0 atom stereocenters. The predicted molar refractivity (Wildman–Crippen MR) is 83.0 cm³/mol. The van der Waals surface area contributed by atoms with Gasteiger partial charge in [0.05, 0.1) is 12.1 Å². The van der Waals surface area contributed by atoms with Gasteiger partial charge in [-0.25, -0.2) is 0 Å². The zero-order valence-corrected chi connectivity index (χ0v) is 12.1. The van der Waals surface area contributed by atoms with Crippen LogP contribution in [0, 0.1) is 0 Å². The Hall–Kier alpha value is -2.41. The van der Waals surface area contributed by atoms with Crippen LogP contribution in [0.25, 0.3) is 11.1 Å². The van der Waals surface area contributed by atoms with Crippen LogP contribution >= 0.6 is 11.5 Å². The first-order valence-corrected chi connectivity index (χ1v) is 7.52. The second kappa shape index (κ2) is 4.85. The molecule has 0 unspecified atom stereocenters. The van der Waals surface area contributed by atoms with E-state index in [1.165, 1.54) is 11.5 Å². The smallest absolute Gasteiger partial charge is 0.152 e. The molecule has 106 valence electrons. The van der Waals surface area contributed by atoms with E-state index in [2.05, 4.69) is 36.2 Å². The molecule has 21 heavy (non-hydrogen) atoms. The molecular weight excluding hydrogens is 284 g/mol. The second-order valence-electron chi connectivity index (χ2n) is 4.98. The number of hydrogen-bond acceptors (Lipinski definition) is 6. The fourth-order valence-electron chi connectivity index (χ4n) is 2.62. The van der Waals surface area contributed by atoms with Crippen molar-refractivity contribution < 1.29 is 0 Å². The molecule has 2 N–H and O–H groups in total. The lowest BCUT2D eigenvalue weighted by Crippen LogP contribution is -2.33. The molecule has 0 saturated heterocycles. The first kappa shape index (κ1) is 12.3. The molecule has 0 fully saturated rings. The highest BCUT2D eigenvalue weighted by atomic mass is 32.1. The van der Waals surface area contributed by atoms with Crippen LogP contribution in [0.1, 0.15) is 5.82 Å². The maximum Gasteiger partial charge on any atom is 0.152 e. The molecule has 3 aromatic rings. The van der Waals surface area contributed by atoms with Gasteiger partial charge in [0, 0.05) is 13.1 Å². The quantitative estimate of drug-likeness (QED) is 0.783. The molecule has 1 aromatic carbocycles. The van der Waals surface area contributed by atoms with Gasteiger partial charge in [0.15, 0.2) is 5.82 Å². The third kappa shape index (κ3) is 2.06. The molecule has 1 aliphatic rings. The third-order valence-electron chi connectivity index (χ3n) is 3.69. The Labute approximate surface area is 126 Å². The van der Waals surface area contributed by atoms with E-state index in [4.69, 9.17) is 5.73 Å². The van der Waals surface area contributed by atoms with Gasteiger partial charge in [-0.2, -0.15) is 4.37 Å². The SMILES string of the molecule is Nc1nsc(N2CCn3cnnc3C2)c1-c1ccccc1. The van der Waals surface area contributed by atoms with Gasteiger partial charge in [-0.15, -0.1) is 10.2 Å². The van der Waals surface area contributed by atoms with E-state index in [0.717, 1.165) is 41.6 Å². The molecule has 0 saturated carbocycles. The first-order chi connectivity index (χ1) is 10.3. The summed E-state index contributed by atoms with van der Waals surface area (Å²) in [7, 11) is 0. The lowest BCUT2D eigenvalue weighted by Gasteiger charge is -2.28. The van der Waals surface area contributed by atoms with Crippen LogP contribution < -0.4 is 10.6 Å². The van der Waals surface area contributed by atoms with Crippen molar-refractivity contribution in [2.75, 3.05) is 17.2 Å². The Balaban J connectivity index is 1.74. The number of aromatic nitrogens is 4. The summed E-state index contributed by atoms with van der Waals surface area (Å²) in [4.78, 5) is 2.28. The molecule has 0 amide bonds. The number of nitrogens with zero attached hydrogens (tertiary/aromatic N) is 5. The zero-order valence-electron chi connectivity index (χ0n) is 11.3. The monoisotopic (exact) mass is 298 g/mol. The standard InChI is InChI=1S/C14H14N6S/c15-13-12(10-4-2-1-3-5-10)14(21-18-13)19-6-7-20-9-16-17-11(20)8-19/h1-5,9H,6-8H2,(H2,15,18). The van der Waals surface area contributed by atoms with E-state index >= 15 is 0 Å². The summed E-state index contributed by atoms with van der Waals surface area (Å²) >= 11 is 1.45. The number of nitrogens with two attached hydrogens (primary N) is 1. The Morgan fingerprint density at radius 1 is 1.14 bits per heavy atom. The Morgan fingerprint density at radius 2 is 2.00 bits per heavy atom. The number of anilines is 2. The van der Waals surface area contributed by atoms with Gasteiger partial charge in [0.2, 0.25) is 0 Å². The predicted octanol–water partition coefficient (Wildman–Crippen LogP) is 2.00. The van der Waals surface area contributed by atoms with Crippen molar-refractivity contribution in [3.8, 4) is 11.1 Å². The van der Waals surface area contributed by atoms with Gasteiger partial charge in [0.1, 0.15) is 17.1 Å². The molecule has 0 aliphatic carbocycles. The Kier molecular flexibility index (Phi) is 2.85. The van der Waals surface area contributed by atoms with E-state index in [0.29, 0.717) is 5.82 Å². The Bertz CT molecular complexity index is 763. The van der Waals surface area contributed by atoms with E-state index < -0.39 is 0 Å². The topological polar surface area (TPSA) is 72.9 Å². The molecule has 6 nitrogen and oxygen atoms in total. The van der Waals surface area contributed by atoms with Gasteiger partial charge in [-0.05, 0) is 17.1 Å². The summed E-state index contributed by atoms with van der Waals surface area (Å²) in [5.74, 6) is 1.57. The van der Waals surface area contributed by atoms with Crippen LogP contribution in [0.15, 0.2) is 36.7 Å². The molecule has 0 bridgehead atoms. The van der Waals surface area contributed by atoms with Crippen LogP contribution in [-0.4, -0.2) is 25.7 Å². The normalized spacial score (nSPS) is 14.2. The van der Waals surface area contributed by atoms with Crippen LogP contribution in [0.2, 0.25) is 0 Å². The van der Waals surface area contributed by atoms with Crippen molar-refractivity contribution in [1.29, 1.82) is 0 Å². The van der Waals surface area contributed by atoms with Gasteiger partial charge in [-0.1, -0.05) is 30.3 Å². The van der Waals surface area contributed by atoms with Crippen LogP contribution in [0.4, 0.5) is 10.8 Å². The summed E-state index contributed by atoms with van der Waals surface area (Å²) in [6.45, 7) is 2.53. The molecular formula is C14H14N6S. The van der Waals surface area contributed by atoms with Gasteiger partial charge < -0.3 is 15.2 Å². The number of hydrogen-bond donors (Lipinski definition) is 1. The van der Waals surface area contributed by atoms with Crippen molar-refractivity contribution in [2.24, 2.45) is 0 Å². The van der Waals surface area contributed by atoms with Gasteiger partial charge in [-0.3, -0.25) is 0 Å². The summed E-state index contributed by atoms with van der Waals surface area (Å²) in [5.41, 5.74) is 8.22. The molecule has 0 radical (unpaired) electrons. The maximum atomic E-state index is 6.09. The van der Waals surface area contributed by atoms with Gasteiger partial charge >= 0.3 is 0 Å². The van der Waals surface area contributed by atoms with E-state index in [1.807, 2.05) is 18.2 Å². The average molecular weight is 298 g/mol. The van der Waals surface area contributed by atoms with E-state index in [-0.39, 0.29) is 0 Å². The zero-order chi connectivity index (χ0) is 14.2. The molecule has 2 aromatic heterocycles. The van der Waals surface area contributed by atoms with Crippen LogP contribution in [0.3, 0.4) is 0 Å². The number of fused-ring (bicyclic) bond motifs is 1. The van der Waals surface area contributed by atoms with E-state index in [1.54, 1.807) is 6.33 Å². The van der Waals surface area contributed by atoms with Crippen molar-refractivity contribution in [2.45, 2.75) is 13.1 Å². The highest BCUT2D eigenvalue weighted by Gasteiger charge is 2.24. The number of rotatable bonds is 2. The highest BCUT2D eigenvalue weighted by molar-refractivity contribution is 7.11. The largest absolute Gasteiger partial charge is 0.382 e. The summed E-state index contributed by atoms with van der Waals surface area (Å²) in [5, 5.41) is 9.24. The lowest BCUT2D eigenvalue weighted by molar-refractivity contribution is 0.563. The fraction of sp³-hybridized carbons (Fsp3) is 0.214. The Morgan fingerprint density at radius 3 is 2.86 bits per heavy atom.